The molecule has 1 N–H and O–H groups in total. The van der Waals surface area contributed by atoms with E-state index in [2.05, 4.69) is 11.4 Å². The Hall–Kier alpha value is -3.87. The Bertz CT molecular complexity index is 1110. The maximum atomic E-state index is 11.8. The molecule has 33 heavy (non-hydrogen) atoms. The van der Waals surface area contributed by atoms with Crippen LogP contribution in [0.2, 0.25) is 0 Å². The fraction of sp³-hybridized carbons (Fsp3) is 0.269. The molecule has 2 aromatic carbocycles. The van der Waals surface area contributed by atoms with Crippen molar-refractivity contribution in [2.45, 2.75) is 41.0 Å². The number of rotatable bonds is 8. The zero-order valence-electron chi connectivity index (χ0n) is 19.8. The molecule has 0 bridgehead atoms. The van der Waals surface area contributed by atoms with Crippen molar-refractivity contribution >= 4 is 35.7 Å². The predicted molar refractivity (Wildman–Crippen MR) is 128 cm³/mol. The third-order valence-corrected chi connectivity index (χ3v) is 4.44. The molecule has 1 amide bonds. The van der Waals surface area contributed by atoms with E-state index in [0.29, 0.717) is 29.4 Å². The molecule has 0 heterocycles. The highest BCUT2D eigenvalue weighted by atomic mass is 16.6. The monoisotopic (exact) mass is 451 g/mol. The second kappa shape index (κ2) is 11.7. The van der Waals surface area contributed by atoms with Crippen LogP contribution in [0.3, 0.4) is 0 Å². The van der Waals surface area contributed by atoms with Gasteiger partial charge in [0, 0.05) is 32.5 Å². The molecular formula is C26H29NO6. The van der Waals surface area contributed by atoms with Crippen LogP contribution in [-0.4, -0.2) is 25.0 Å². The minimum absolute atomic E-state index is 0.228. The van der Waals surface area contributed by atoms with Gasteiger partial charge in [0.05, 0.1) is 7.11 Å². The van der Waals surface area contributed by atoms with Gasteiger partial charge in [-0.15, -0.1) is 0 Å². The zero-order chi connectivity index (χ0) is 24.5. The van der Waals surface area contributed by atoms with E-state index in [9.17, 15) is 14.4 Å². The van der Waals surface area contributed by atoms with E-state index in [0.717, 1.165) is 22.3 Å². The van der Waals surface area contributed by atoms with Gasteiger partial charge in [-0.05, 0) is 55.2 Å². The Labute approximate surface area is 194 Å². The number of esters is 2. The minimum Gasteiger partial charge on any atom is -0.493 e. The molecular weight excluding hydrogens is 422 g/mol. The molecule has 0 saturated carbocycles. The van der Waals surface area contributed by atoms with Crippen molar-refractivity contribution < 1.29 is 28.6 Å². The standard InChI is InChI=1S/C26H29NO6/c1-16(2)7-11-23-21(14-22(32-18(4)29)15-24(23)27-17(3)28)10-8-20-9-12-25(33-19(5)30)26(13-20)31-6/h7-10,12-15H,11H2,1-6H3,(H,27,28)/b10-8+. The Kier molecular flexibility index (Phi) is 8.98. The Balaban J connectivity index is 2.56. The molecule has 0 atom stereocenters. The second-order valence-electron chi connectivity index (χ2n) is 7.64. The van der Waals surface area contributed by atoms with Gasteiger partial charge >= 0.3 is 11.9 Å². The van der Waals surface area contributed by atoms with Crippen LogP contribution in [0, 0.1) is 0 Å². The van der Waals surface area contributed by atoms with Crippen molar-refractivity contribution in [3.05, 3.63) is 58.7 Å². The highest BCUT2D eigenvalue weighted by Crippen LogP contribution is 2.32. The summed E-state index contributed by atoms with van der Waals surface area (Å²) in [6.07, 6.45) is 6.36. The average molecular weight is 452 g/mol. The van der Waals surface area contributed by atoms with Crippen molar-refractivity contribution in [2.24, 2.45) is 0 Å². The topological polar surface area (TPSA) is 90.9 Å². The van der Waals surface area contributed by atoms with Crippen LogP contribution < -0.4 is 19.5 Å². The lowest BCUT2D eigenvalue weighted by Crippen LogP contribution is -2.10. The molecule has 0 aromatic heterocycles. The Morgan fingerprint density at radius 1 is 0.879 bits per heavy atom. The van der Waals surface area contributed by atoms with Gasteiger partial charge in [0.1, 0.15) is 5.75 Å². The first kappa shape index (κ1) is 25.4. The second-order valence-corrected chi connectivity index (χ2v) is 7.64. The Morgan fingerprint density at radius 2 is 1.58 bits per heavy atom. The molecule has 0 aliphatic rings. The molecule has 0 radical (unpaired) electrons. The van der Waals surface area contributed by atoms with Gasteiger partial charge in [-0.1, -0.05) is 29.9 Å². The number of allylic oxidation sites excluding steroid dienone is 2. The van der Waals surface area contributed by atoms with Crippen LogP contribution >= 0.6 is 0 Å². The lowest BCUT2D eigenvalue weighted by atomic mass is 9.99. The van der Waals surface area contributed by atoms with Gasteiger partial charge in [-0.3, -0.25) is 14.4 Å². The molecule has 0 fully saturated rings. The molecule has 0 unspecified atom stereocenters. The van der Waals surface area contributed by atoms with Crippen molar-refractivity contribution in [2.75, 3.05) is 12.4 Å². The number of nitrogens with one attached hydrogen (secondary N) is 1. The number of hydrogen-bond acceptors (Lipinski definition) is 6. The summed E-state index contributed by atoms with van der Waals surface area (Å²) in [6, 6.07) is 8.59. The van der Waals surface area contributed by atoms with Gasteiger partial charge in [0.25, 0.3) is 0 Å². The van der Waals surface area contributed by atoms with E-state index in [1.165, 1.54) is 27.9 Å². The highest BCUT2D eigenvalue weighted by molar-refractivity contribution is 5.91. The van der Waals surface area contributed by atoms with Gasteiger partial charge in [0.15, 0.2) is 11.5 Å². The summed E-state index contributed by atoms with van der Waals surface area (Å²) in [5.41, 5.74) is 4.16. The van der Waals surface area contributed by atoms with Crippen LogP contribution in [0.15, 0.2) is 42.0 Å². The number of ether oxygens (including phenoxy) is 3. The highest BCUT2D eigenvalue weighted by Gasteiger charge is 2.13. The van der Waals surface area contributed by atoms with Crippen LogP contribution in [0.25, 0.3) is 12.2 Å². The molecule has 174 valence electrons. The maximum absolute atomic E-state index is 11.8. The molecule has 7 nitrogen and oxygen atoms in total. The molecule has 0 aliphatic carbocycles. The summed E-state index contributed by atoms with van der Waals surface area (Å²) in [7, 11) is 1.50. The minimum atomic E-state index is -0.457. The van der Waals surface area contributed by atoms with Crippen molar-refractivity contribution in [3.63, 3.8) is 0 Å². The van der Waals surface area contributed by atoms with Crippen molar-refractivity contribution in [1.29, 1.82) is 0 Å². The molecule has 0 aliphatic heterocycles. The van der Waals surface area contributed by atoms with E-state index in [4.69, 9.17) is 14.2 Å². The SMILES string of the molecule is COc1cc(/C=C/c2cc(OC(C)=O)cc(NC(C)=O)c2CC=C(C)C)ccc1OC(C)=O. The third-order valence-electron chi connectivity index (χ3n) is 4.44. The van der Waals surface area contributed by atoms with Crippen LogP contribution in [-0.2, 0) is 20.8 Å². The molecule has 0 saturated heterocycles. The number of benzene rings is 2. The van der Waals surface area contributed by atoms with Crippen molar-refractivity contribution in [1.82, 2.24) is 0 Å². The third kappa shape index (κ3) is 7.96. The van der Waals surface area contributed by atoms with Gasteiger partial charge < -0.3 is 19.5 Å². The normalized spacial score (nSPS) is 10.5. The lowest BCUT2D eigenvalue weighted by molar-refractivity contribution is -0.132. The van der Waals surface area contributed by atoms with E-state index < -0.39 is 11.9 Å². The van der Waals surface area contributed by atoms with E-state index in [1.807, 2.05) is 26.0 Å². The summed E-state index contributed by atoms with van der Waals surface area (Å²) in [4.78, 5) is 34.6. The zero-order valence-corrected chi connectivity index (χ0v) is 19.8. The smallest absolute Gasteiger partial charge is 0.308 e. The number of hydrogen-bond donors (Lipinski definition) is 1. The van der Waals surface area contributed by atoms with Crippen LogP contribution in [0.1, 0.15) is 51.3 Å². The predicted octanol–water partition coefficient (Wildman–Crippen LogP) is 5.18. The van der Waals surface area contributed by atoms with Crippen LogP contribution in [0.5, 0.6) is 17.2 Å². The fourth-order valence-corrected chi connectivity index (χ4v) is 3.09. The number of carbonyl (C=O) groups is 3. The number of amides is 1. The van der Waals surface area contributed by atoms with Gasteiger partial charge in [0.2, 0.25) is 5.91 Å². The number of carbonyl (C=O) groups excluding carboxylic acids is 3. The first-order valence-corrected chi connectivity index (χ1v) is 10.4. The molecule has 2 rings (SSSR count). The van der Waals surface area contributed by atoms with E-state index in [-0.39, 0.29) is 5.91 Å². The summed E-state index contributed by atoms with van der Waals surface area (Å²) in [6.45, 7) is 8.07. The first-order chi connectivity index (χ1) is 15.6. The molecule has 2 aromatic rings. The molecule has 7 heteroatoms. The van der Waals surface area contributed by atoms with E-state index in [1.54, 1.807) is 30.3 Å². The number of methoxy groups -OCH3 is 1. The summed E-state index contributed by atoms with van der Waals surface area (Å²) < 4.78 is 15.8. The van der Waals surface area contributed by atoms with Gasteiger partial charge in [-0.2, -0.15) is 0 Å². The first-order valence-electron chi connectivity index (χ1n) is 10.4. The number of anilines is 1. The Morgan fingerprint density at radius 3 is 2.15 bits per heavy atom. The largest absolute Gasteiger partial charge is 0.493 e. The van der Waals surface area contributed by atoms with E-state index >= 15 is 0 Å². The summed E-state index contributed by atoms with van der Waals surface area (Å²) in [5, 5.41) is 2.83. The average Bonchev–Trinajstić information content (AvgIpc) is 2.70. The van der Waals surface area contributed by atoms with Crippen LogP contribution in [0.4, 0.5) is 5.69 Å². The molecule has 0 spiro atoms. The fourth-order valence-electron chi connectivity index (χ4n) is 3.09. The lowest BCUT2D eigenvalue weighted by Gasteiger charge is -2.15. The van der Waals surface area contributed by atoms with Crippen molar-refractivity contribution in [3.8, 4) is 17.2 Å². The summed E-state index contributed by atoms with van der Waals surface area (Å²) in [5.74, 6) is -0.0421. The quantitative estimate of drug-likeness (QED) is 0.257. The van der Waals surface area contributed by atoms with Gasteiger partial charge in [-0.25, -0.2) is 0 Å². The maximum Gasteiger partial charge on any atom is 0.308 e. The summed E-state index contributed by atoms with van der Waals surface area (Å²) >= 11 is 0.